The molecule has 7 nitrogen and oxygen atoms in total. The molecular formula is C25H28FN3O4. The predicted octanol–water partition coefficient (Wildman–Crippen LogP) is 3.52. The zero-order valence-electron chi connectivity index (χ0n) is 19.3. The first kappa shape index (κ1) is 24.3. The van der Waals surface area contributed by atoms with Crippen LogP contribution in [0.3, 0.4) is 0 Å². The van der Waals surface area contributed by atoms with Crippen molar-refractivity contribution < 1.29 is 23.4 Å². The third kappa shape index (κ3) is 5.53. The summed E-state index contributed by atoms with van der Waals surface area (Å²) in [7, 11) is 1.56. The zero-order chi connectivity index (χ0) is 24.0. The Kier molecular flexibility index (Phi) is 8.08. The van der Waals surface area contributed by atoms with Gasteiger partial charge in [-0.3, -0.25) is 4.79 Å². The number of carbonyl (C=O) groups is 1. The van der Waals surface area contributed by atoms with Gasteiger partial charge in [0.15, 0.2) is 6.17 Å². The first-order chi connectivity index (χ1) is 15.9. The Morgan fingerprint density at radius 2 is 2.06 bits per heavy atom. The summed E-state index contributed by atoms with van der Waals surface area (Å²) in [5.74, 6) is 5.78. The highest BCUT2D eigenvalue weighted by atomic mass is 19.1. The lowest BCUT2D eigenvalue weighted by atomic mass is 9.94. The Bertz CT molecular complexity index is 1120. The van der Waals surface area contributed by atoms with Crippen LogP contribution in [0.15, 0.2) is 18.3 Å². The van der Waals surface area contributed by atoms with E-state index in [0.29, 0.717) is 46.4 Å². The number of aromatic nitrogens is 1. The van der Waals surface area contributed by atoms with Gasteiger partial charge in [-0.05, 0) is 32.4 Å². The lowest BCUT2D eigenvalue weighted by Gasteiger charge is -2.18. The molecule has 1 fully saturated rings. The zero-order valence-corrected chi connectivity index (χ0v) is 19.3. The fourth-order valence-corrected chi connectivity index (χ4v) is 3.93. The molecule has 8 heteroatoms. The number of nitrogens with one attached hydrogen (secondary N) is 1. The molecule has 0 saturated carbocycles. The number of amides is 1. The summed E-state index contributed by atoms with van der Waals surface area (Å²) >= 11 is 0. The third-order valence-electron chi connectivity index (χ3n) is 5.48. The van der Waals surface area contributed by atoms with Crippen LogP contribution in [0, 0.1) is 29.1 Å². The summed E-state index contributed by atoms with van der Waals surface area (Å²) in [6.45, 7) is 6.14. The summed E-state index contributed by atoms with van der Waals surface area (Å²) < 4.78 is 30.8. The van der Waals surface area contributed by atoms with Crippen molar-refractivity contribution >= 4 is 16.7 Å². The molecule has 33 heavy (non-hydrogen) atoms. The summed E-state index contributed by atoms with van der Waals surface area (Å²) in [5, 5.41) is 13.7. The Morgan fingerprint density at radius 3 is 2.73 bits per heavy atom. The summed E-state index contributed by atoms with van der Waals surface area (Å²) in [4.78, 5) is 16.1. The number of fused-ring (bicyclic) bond motifs is 1. The number of halogens is 1. The van der Waals surface area contributed by atoms with E-state index in [1.54, 1.807) is 25.4 Å². The molecule has 0 spiro atoms. The maximum absolute atomic E-state index is 14.1. The van der Waals surface area contributed by atoms with Crippen LogP contribution in [0.1, 0.15) is 44.7 Å². The maximum Gasteiger partial charge on any atom is 0.255 e. The highest BCUT2D eigenvalue weighted by Gasteiger charge is 2.41. The van der Waals surface area contributed by atoms with Crippen molar-refractivity contribution in [2.45, 2.75) is 51.9 Å². The van der Waals surface area contributed by atoms with Crippen molar-refractivity contribution in [3.8, 4) is 29.5 Å². The van der Waals surface area contributed by atoms with Crippen molar-refractivity contribution in [2.24, 2.45) is 5.92 Å². The van der Waals surface area contributed by atoms with E-state index in [1.807, 2.05) is 20.8 Å². The topological polar surface area (TPSA) is 93.5 Å². The SMILES string of the molecule is CC[C@@H]1[C@H](F)C(=O)N[C@@H]1CCOc1ncc(C#CCOC)c2cc(C#N)c(OC(C)C)cc12. The first-order valence-corrected chi connectivity index (χ1v) is 11.0. The normalized spacial score (nSPS) is 19.7. The van der Waals surface area contributed by atoms with Crippen molar-refractivity contribution in [1.82, 2.24) is 10.3 Å². The third-order valence-corrected chi connectivity index (χ3v) is 5.48. The van der Waals surface area contributed by atoms with Crippen molar-refractivity contribution in [3.05, 3.63) is 29.5 Å². The number of benzene rings is 1. The summed E-state index contributed by atoms with van der Waals surface area (Å²) in [5.41, 5.74) is 1.02. The van der Waals surface area contributed by atoms with Gasteiger partial charge >= 0.3 is 0 Å². The molecule has 1 amide bonds. The molecule has 1 N–H and O–H groups in total. The van der Waals surface area contributed by atoms with Gasteiger partial charge in [0.1, 0.15) is 18.4 Å². The standard InChI is InChI=1S/C25H28FN3O4/c1-5-18-21(29-24(30)23(18)26)8-10-32-25-20-12-22(33-15(2)3)17(13-27)11-19(20)16(14-28-25)7-6-9-31-4/h11-12,14-15,18,21,23H,5,8-10H2,1-4H3,(H,29,30)/t18-,21+,23-/m0/s1. The minimum Gasteiger partial charge on any atom is -0.490 e. The molecule has 3 atom stereocenters. The van der Waals surface area contributed by atoms with Crippen LogP contribution in [0.4, 0.5) is 4.39 Å². The van der Waals surface area contributed by atoms with Gasteiger partial charge in [-0.15, -0.1) is 0 Å². The van der Waals surface area contributed by atoms with Crippen molar-refractivity contribution in [2.75, 3.05) is 20.3 Å². The van der Waals surface area contributed by atoms with Crippen LogP contribution < -0.4 is 14.8 Å². The molecule has 0 bridgehead atoms. The number of hydrogen-bond donors (Lipinski definition) is 1. The molecule has 1 aromatic heterocycles. The van der Waals surface area contributed by atoms with Crippen LogP contribution in [-0.4, -0.2) is 49.5 Å². The van der Waals surface area contributed by atoms with Crippen molar-refractivity contribution in [3.63, 3.8) is 0 Å². The average Bonchev–Trinajstić information content (AvgIpc) is 3.06. The second kappa shape index (κ2) is 11.0. The molecule has 1 aliphatic rings. The van der Waals surface area contributed by atoms with E-state index < -0.39 is 12.1 Å². The van der Waals surface area contributed by atoms with Gasteiger partial charge in [-0.1, -0.05) is 18.8 Å². The second-order valence-corrected chi connectivity index (χ2v) is 8.11. The van der Waals surface area contributed by atoms with E-state index in [9.17, 15) is 14.4 Å². The molecule has 174 valence electrons. The fourth-order valence-electron chi connectivity index (χ4n) is 3.93. The molecule has 3 rings (SSSR count). The van der Waals surface area contributed by atoms with E-state index in [1.165, 1.54) is 0 Å². The highest BCUT2D eigenvalue weighted by Crippen LogP contribution is 2.33. The van der Waals surface area contributed by atoms with Gasteiger partial charge in [0.2, 0.25) is 5.88 Å². The quantitative estimate of drug-likeness (QED) is 0.615. The number of nitriles is 1. The molecule has 2 aromatic rings. The van der Waals surface area contributed by atoms with Crippen LogP contribution in [-0.2, 0) is 9.53 Å². The molecule has 0 aliphatic carbocycles. The van der Waals surface area contributed by atoms with Crippen LogP contribution in [0.2, 0.25) is 0 Å². The number of ether oxygens (including phenoxy) is 3. The lowest BCUT2D eigenvalue weighted by molar-refractivity contribution is -0.123. The number of carbonyl (C=O) groups excluding carboxylic acids is 1. The summed E-state index contributed by atoms with van der Waals surface area (Å²) in [6, 6.07) is 5.34. The lowest BCUT2D eigenvalue weighted by Crippen LogP contribution is -2.30. The Balaban J connectivity index is 1.92. The predicted molar refractivity (Wildman–Crippen MR) is 122 cm³/mol. The molecule has 1 aromatic carbocycles. The summed E-state index contributed by atoms with van der Waals surface area (Å²) in [6.07, 6.45) is 1.00. The minimum atomic E-state index is -1.48. The van der Waals surface area contributed by atoms with Gasteiger partial charge in [0.05, 0.1) is 23.8 Å². The second-order valence-electron chi connectivity index (χ2n) is 8.11. The first-order valence-electron chi connectivity index (χ1n) is 11.0. The van der Waals surface area contributed by atoms with Crippen LogP contribution in [0.5, 0.6) is 11.6 Å². The van der Waals surface area contributed by atoms with E-state index >= 15 is 0 Å². The monoisotopic (exact) mass is 453 g/mol. The van der Waals surface area contributed by atoms with Gasteiger partial charge in [0, 0.05) is 42.5 Å². The Morgan fingerprint density at radius 1 is 1.27 bits per heavy atom. The fraction of sp³-hybridized carbons (Fsp3) is 0.480. The van der Waals surface area contributed by atoms with E-state index in [2.05, 4.69) is 28.2 Å². The number of alkyl halides is 1. The molecule has 0 radical (unpaired) electrons. The number of methoxy groups -OCH3 is 1. The molecular weight excluding hydrogens is 425 g/mol. The molecule has 2 heterocycles. The van der Waals surface area contributed by atoms with Gasteiger partial charge in [-0.2, -0.15) is 5.26 Å². The van der Waals surface area contributed by atoms with Crippen LogP contribution >= 0.6 is 0 Å². The molecule has 1 aliphatic heterocycles. The van der Waals surface area contributed by atoms with E-state index in [-0.39, 0.29) is 31.3 Å². The number of pyridine rings is 1. The van der Waals surface area contributed by atoms with Gasteiger partial charge < -0.3 is 19.5 Å². The number of hydrogen-bond acceptors (Lipinski definition) is 6. The highest BCUT2D eigenvalue weighted by molar-refractivity contribution is 5.94. The van der Waals surface area contributed by atoms with Gasteiger partial charge in [0.25, 0.3) is 5.91 Å². The van der Waals surface area contributed by atoms with Crippen LogP contribution in [0.25, 0.3) is 10.8 Å². The Hall–Kier alpha value is -3.36. The molecule has 1 saturated heterocycles. The van der Waals surface area contributed by atoms with Crippen molar-refractivity contribution in [1.29, 1.82) is 5.26 Å². The smallest absolute Gasteiger partial charge is 0.255 e. The maximum atomic E-state index is 14.1. The number of rotatable bonds is 8. The number of nitrogens with zero attached hydrogens (tertiary/aromatic N) is 2. The van der Waals surface area contributed by atoms with Gasteiger partial charge in [-0.25, -0.2) is 9.37 Å². The largest absolute Gasteiger partial charge is 0.490 e. The Labute approximate surface area is 193 Å². The van der Waals surface area contributed by atoms with E-state index in [0.717, 1.165) is 0 Å². The average molecular weight is 454 g/mol. The van der Waals surface area contributed by atoms with E-state index in [4.69, 9.17) is 14.2 Å². The minimum absolute atomic E-state index is 0.123. The molecule has 0 unspecified atom stereocenters.